The molecule has 10 heteroatoms. The zero-order chi connectivity index (χ0) is 23.7. The number of amides is 2. The van der Waals surface area contributed by atoms with Gasteiger partial charge < -0.3 is 15.1 Å². The highest BCUT2D eigenvalue weighted by Gasteiger charge is 2.54. The van der Waals surface area contributed by atoms with Crippen LogP contribution in [-0.2, 0) is 13.1 Å². The second-order valence-electron chi connectivity index (χ2n) is 10.5. The molecular formula is C25H25ClFN7O. The average Bonchev–Trinajstić information content (AvgIpc) is 3.54. The number of hydrogen-bond acceptors (Lipinski definition) is 5. The molecule has 0 radical (unpaired) electrons. The van der Waals surface area contributed by atoms with Crippen LogP contribution >= 0.6 is 11.6 Å². The lowest BCUT2D eigenvalue weighted by Crippen LogP contribution is -2.62. The molecular weight excluding hydrogens is 469 g/mol. The summed E-state index contributed by atoms with van der Waals surface area (Å²) >= 11 is 6.34. The summed E-state index contributed by atoms with van der Waals surface area (Å²) in [6, 6.07) is 9.25. The van der Waals surface area contributed by atoms with Gasteiger partial charge in [0.15, 0.2) is 5.82 Å². The molecule has 2 aromatic heterocycles. The van der Waals surface area contributed by atoms with Gasteiger partial charge in [0.2, 0.25) is 0 Å². The Labute approximate surface area is 207 Å². The Kier molecular flexibility index (Phi) is 4.61. The van der Waals surface area contributed by atoms with E-state index in [1.54, 1.807) is 11.0 Å². The predicted octanol–water partition coefficient (Wildman–Crippen LogP) is 4.03. The number of hydrogen-bond donors (Lipinski definition) is 1. The second-order valence-corrected chi connectivity index (χ2v) is 10.9. The van der Waals surface area contributed by atoms with Gasteiger partial charge in [0.1, 0.15) is 17.5 Å². The highest BCUT2D eigenvalue weighted by Crippen LogP contribution is 2.56. The minimum atomic E-state index is -0.314. The number of nitrogens with zero attached hydrogens (tertiary/aromatic N) is 6. The molecule has 0 bridgehead atoms. The van der Waals surface area contributed by atoms with Crippen molar-refractivity contribution in [3.63, 3.8) is 0 Å². The number of anilines is 1. The largest absolute Gasteiger partial charge is 0.355 e. The SMILES string of the molecule is O=C(NC1CC1)N1Cc2cc(Cl)ccc2-n2c(nnc2C2CC3(C2)CN(c2ccc(F)cn2)C3)C1. The summed E-state index contributed by atoms with van der Waals surface area (Å²) < 4.78 is 15.3. The predicted molar refractivity (Wildman–Crippen MR) is 128 cm³/mol. The van der Waals surface area contributed by atoms with E-state index in [4.69, 9.17) is 11.6 Å². The summed E-state index contributed by atoms with van der Waals surface area (Å²) in [5.41, 5.74) is 2.24. The Morgan fingerprint density at radius 3 is 2.69 bits per heavy atom. The summed E-state index contributed by atoms with van der Waals surface area (Å²) in [5, 5.41) is 12.9. The highest BCUT2D eigenvalue weighted by molar-refractivity contribution is 6.30. The number of halogens is 2. The molecule has 180 valence electrons. The van der Waals surface area contributed by atoms with Gasteiger partial charge in [-0.1, -0.05) is 11.6 Å². The van der Waals surface area contributed by atoms with Crippen LogP contribution in [0.1, 0.15) is 48.8 Å². The Bertz CT molecular complexity index is 1310. The topological polar surface area (TPSA) is 79.2 Å². The Morgan fingerprint density at radius 2 is 1.94 bits per heavy atom. The van der Waals surface area contributed by atoms with Crippen LogP contribution in [0.4, 0.5) is 15.0 Å². The van der Waals surface area contributed by atoms with Crippen molar-refractivity contribution in [2.75, 3.05) is 18.0 Å². The molecule has 0 unspecified atom stereocenters. The molecule has 1 N–H and O–H groups in total. The smallest absolute Gasteiger partial charge is 0.318 e. The zero-order valence-corrected chi connectivity index (χ0v) is 19.9. The molecule has 1 saturated heterocycles. The first-order valence-electron chi connectivity index (χ1n) is 12.1. The Morgan fingerprint density at radius 1 is 1.11 bits per heavy atom. The van der Waals surface area contributed by atoms with E-state index in [2.05, 4.69) is 30.0 Å². The number of nitrogens with one attached hydrogen (secondary N) is 1. The molecule has 2 aliphatic carbocycles. The first-order valence-corrected chi connectivity index (χ1v) is 12.5. The van der Waals surface area contributed by atoms with Crippen LogP contribution in [0.2, 0.25) is 5.02 Å². The number of benzene rings is 1. The van der Waals surface area contributed by atoms with Gasteiger partial charge in [0.05, 0.1) is 25.0 Å². The van der Waals surface area contributed by atoms with Crippen LogP contribution in [0.3, 0.4) is 0 Å². The van der Waals surface area contributed by atoms with E-state index >= 15 is 0 Å². The number of fused-ring (bicyclic) bond motifs is 3. The minimum Gasteiger partial charge on any atom is -0.355 e. The zero-order valence-electron chi connectivity index (χ0n) is 19.1. The van der Waals surface area contributed by atoms with E-state index in [0.717, 1.165) is 67.5 Å². The monoisotopic (exact) mass is 493 g/mol. The third-order valence-corrected chi connectivity index (χ3v) is 7.97. The number of carbonyl (C=O) groups is 1. The fourth-order valence-electron chi connectivity index (χ4n) is 5.83. The summed E-state index contributed by atoms with van der Waals surface area (Å²) in [4.78, 5) is 21.1. The number of urea groups is 1. The molecule has 2 amide bonds. The van der Waals surface area contributed by atoms with Gasteiger partial charge in [-0.15, -0.1) is 10.2 Å². The second kappa shape index (κ2) is 7.65. The molecule has 2 saturated carbocycles. The Hall–Kier alpha value is -3.20. The average molecular weight is 494 g/mol. The maximum absolute atomic E-state index is 13.2. The number of rotatable bonds is 3. The fourth-order valence-corrected chi connectivity index (χ4v) is 6.03. The van der Waals surface area contributed by atoms with Crippen LogP contribution in [0.5, 0.6) is 0 Å². The van der Waals surface area contributed by atoms with Crippen LogP contribution in [-0.4, -0.2) is 49.8 Å². The Balaban J connectivity index is 1.13. The lowest BCUT2D eigenvalue weighted by molar-refractivity contribution is 0.0581. The van der Waals surface area contributed by atoms with E-state index in [9.17, 15) is 9.18 Å². The maximum Gasteiger partial charge on any atom is 0.318 e. The van der Waals surface area contributed by atoms with Gasteiger partial charge >= 0.3 is 6.03 Å². The minimum absolute atomic E-state index is 0.0667. The van der Waals surface area contributed by atoms with Crippen LogP contribution < -0.4 is 10.2 Å². The molecule has 3 aromatic rings. The normalized spacial score (nSPS) is 20.5. The highest BCUT2D eigenvalue weighted by atomic mass is 35.5. The summed E-state index contributed by atoms with van der Waals surface area (Å²) in [6.45, 7) is 2.72. The van der Waals surface area contributed by atoms with Gasteiger partial charge in [0.25, 0.3) is 0 Å². The number of aromatic nitrogens is 4. The maximum atomic E-state index is 13.2. The molecule has 7 rings (SSSR count). The summed E-state index contributed by atoms with van der Waals surface area (Å²) in [6.07, 6.45) is 5.41. The van der Waals surface area contributed by atoms with Crippen molar-refractivity contribution in [1.29, 1.82) is 0 Å². The number of pyridine rings is 1. The van der Waals surface area contributed by atoms with E-state index in [1.807, 2.05) is 18.2 Å². The molecule has 3 fully saturated rings. The molecule has 8 nitrogen and oxygen atoms in total. The van der Waals surface area contributed by atoms with Crippen LogP contribution in [0.15, 0.2) is 36.5 Å². The lowest BCUT2D eigenvalue weighted by Gasteiger charge is -2.59. The standard InChI is InChI=1S/C25H25ClFN7O/c26-17-1-5-20-15(7-17)11-32(24(35)29-19-3-4-19)12-22-30-31-23(34(20)22)16-8-25(9-16)13-33(14-25)21-6-2-18(27)10-28-21/h1-2,5-7,10,16,19H,3-4,8-9,11-14H2,(H,29,35). The quantitative estimate of drug-likeness (QED) is 0.596. The van der Waals surface area contributed by atoms with Gasteiger partial charge in [-0.2, -0.15) is 0 Å². The lowest BCUT2D eigenvalue weighted by atomic mass is 9.57. The summed E-state index contributed by atoms with van der Waals surface area (Å²) in [5.74, 6) is 2.54. The van der Waals surface area contributed by atoms with Crippen molar-refractivity contribution in [3.05, 3.63) is 64.6 Å². The van der Waals surface area contributed by atoms with Gasteiger partial charge in [-0.25, -0.2) is 14.2 Å². The molecule has 1 aromatic carbocycles. The van der Waals surface area contributed by atoms with E-state index < -0.39 is 0 Å². The van der Waals surface area contributed by atoms with Crippen molar-refractivity contribution in [3.8, 4) is 5.69 Å². The molecule has 35 heavy (non-hydrogen) atoms. The number of carbonyl (C=O) groups excluding carboxylic acids is 1. The molecule has 4 aliphatic rings. The molecule has 0 atom stereocenters. The molecule has 2 aliphatic heterocycles. The van der Waals surface area contributed by atoms with E-state index in [-0.39, 0.29) is 23.3 Å². The first kappa shape index (κ1) is 21.1. The third kappa shape index (κ3) is 3.64. The van der Waals surface area contributed by atoms with Crippen molar-refractivity contribution < 1.29 is 9.18 Å². The van der Waals surface area contributed by atoms with Crippen molar-refractivity contribution in [2.45, 2.75) is 50.7 Å². The van der Waals surface area contributed by atoms with Gasteiger partial charge in [-0.3, -0.25) is 4.57 Å². The van der Waals surface area contributed by atoms with Crippen molar-refractivity contribution >= 4 is 23.4 Å². The van der Waals surface area contributed by atoms with E-state index in [1.165, 1.54) is 12.3 Å². The fraction of sp³-hybridized carbons (Fsp3) is 0.440. The van der Waals surface area contributed by atoms with Gasteiger partial charge in [0, 0.05) is 35.5 Å². The van der Waals surface area contributed by atoms with Crippen LogP contribution in [0, 0.1) is 11.2 Å². The third-order valence-electron chi connectivity index (χ3n) is 7.74. The van der Waals surface area contributed by atoms with Gasteiger partial charge in [-0.05, 0) is 61.6 Å². The van der Waals surface area contributed by atoms with Crippen molar-refractivity contribution in [2.24, 2.45) is 5.41 Å². The molecule has 1 spiro atoms. The summed E-state index contributed by atoms with van der Waals surface area (Å²) in [7, 11) is 0. The van der Waals surface area contributed by atoms with E-state index in [0.29, 0.717) is 24.0 Å². The van der Waals surface area contributed by atoms with Crippen molar-refractivity contribution in [1.82, 2.24) is 30.0 Å². The molecule has 4 heterocycles. The van der Waals surface area contributed by atoms with Crippen LogP contribution in [0.25, 0.3) is 5.69 Å². The first-order chi connectivity index (χ1) is 17.0.